The van der Waals surface area contributed by atoms with Crippen molar-refractivity contribution in [2.75, 3.05) is 32.6 Å². The van der Waals surface area contributed by atoms with Crippen LogP contribution in [0.25, 0.3) is 11.1 Å². The first kappa shape index (κ1) is 28.0. The molecule has 1 unspecified atom stereocenters. The third-order valence-corrected chi connectivity index (χ3v) is 8.72. The Labute approximate surface area is 236 Å². The predicted octanol–water partition coefficient (Wildman–Crippen LogP) is 4.91. The first-order valence-electron chi connectivity index (χ1n) is 14.5. The number of ether oxygens (including phenoxy) is 1. The average Bonchev–Trinajstić information content (AvgIpc) is 2.95. The van der Waals surface area contributed by atoms with Crippen molar-refractivity contribution >= 4 is 23.5 Å². The van der Waals surface area contributed by atoms with Gasteiger partial charge in [-0.15, -0.1) is 0 Å². The number of carbonyl (C=O) groups excluding carboxylic acids is 3. The largest absolute Gasteiger partial charge is 0.469 e. The Morgan fingerprint density at radius 3 is 2.65 bits per heavy atom. The molecule has 1 N–H and O–H groups in total. The number of benzene rings is 1. The molecule has 8 heteroatoms. The first-order valence-corrected chi connectivity index (χ1v) is 14.5. The average molecular weight is 545 g/mol. The van der Waals surface area contributed by atoms with Gasteiger partial charge in [0.05, 0.1) is 25.3 Å². The zero-order chi connectivity index (χ0) is 28.2. The highest BCUT2D eigenvalue weighted by molar-refractivity contribution is 5.97. The van der Waals surface area contributed by atoms with Crippen LogP contribution in [-0.4, -0.2) is 65.9 Å². The summed E-state index contributed by atoms with van der Waals surface area (Å²) in [5.74, 6) is -0.529. The lowest BCUT2D eigenvalue weighted by atomic mass is 9.90. The Kier molecular flexibility index (Phi) is 8.64. The van der Waals surface area contributed by atoms with E-state index >= 15 is 0 Å². The van der Waals surface area contributed by atoms with Crippen LogP contribution in [0.5, 0.6) is 0 Å². The maximum Gasteiger partial charge on any atom is 0.309 e. The predicted molar refractivity (Wildman–Crippen MR) is 154 cm³/mol. The van der Waals surface area contributed by atoms with E-state index in [1.807, 2.05) is 48.2 Å². The molecule has 0 radical (unpaired) electrons. The Bertz CT molecular complexity index is 1310. The molecule has 8 nitrogen and oxygen atoms in total. The van der Waals surface area contributed by atoms with Gasteiger partial charge in [-0.2, -0.15) is 0 Å². The van der Waals surface area contributed by atoms with E-state index in [4.69, 9.17) is 9.72 Å². The molecule has 1 fully saturated rings. The topological polar surface area (TPSA) is 91.8 Å². The number of aromatic nitrogens is 1. The van der Waals surface area contributed by atoms with E-state index in [1.165, 1.54) is 25.5 Å². The van der Waals surface area contributed by atoms with Gasteiger partial charge in [0.2, 0.25) is 11.8 Å². The number of piperidine rings is 1. The van der Waals surface area contributed by atoms with Crippen LogP contribution >= 0.6 is 0 Å². The molecule has 1 saturated heterocycles. The van der Waals surface area contributed by atoms with Crippen LogP contribution in [0.2, 0.25) is 0 Å². The lowest BCUT2D eigenvalue weighted by molar-refractivity contribution is -0.139. The Balaban J connectivity index is 1.48. The summed E-state index contributed by atoms with van der Waals surface area (Å²) < 4.78 is 4.83. The standard InChI is InChI=1S/C32H40N4O4/c1-21-7-6-9-29(36-16-13-24(20-30(36)37)28-8-4-5-15-35(28)2)27-19-23(12-14-33-27)25-11-10-22(18-31(38)40-3)17-26(25)34-32(21)39/h10-12,14,17,19-21,28-29H,4-9,13,15-16,18H2,1-3H3,(H,34,39)/t21-,28?,29+/m1/s1. The summed E-state index contributed by atoms with van der Waals surface area (Å²) in [5.41, 5.74) is 5.30. The third kappa shape index (κ3) is 6.12. The van der Waals surface area contributed by atoms with Gasteiger partial charge in [-0.1, -0.05) is 31.9 Å². The maximum absolute atomic E-state index is 13.6. The fraction of sp³-hybridized carbons (Fsp3) is 0.500. The van der Waals surface area contributed by atoms with Gasteiger partial charge in [-0.3, -0.25) is 24.3 Å². The highest BCUT2D eigenvalue weighted by Gasteiger charge is 2.32. The van der Waals surface area contributed by atoms with E-state index in [-0.39, 0.29) is 36.2 Å². The van der Waals surface area contributed by atoms with Crippen molar-refractivity contribution < 1.29 is 19.1 Å². The molecule has 2 aromatic rings. The molecule has 0 spiro atoms. The van der Waals surface area contributed by atoms with Crippen molar-refractivity contribution in [1.82, 2.24) is 14.8 Å². The lowest BCUT2D eigenvalue weighted by Crippen LogP contribution is -2.43. The molecule has 4 heterocycles. The van der Waals surface area contributed by atoms with E-state index in [0.29, 0.717) is 24.7 Å². The number of anilines is 1. The fourth-order valence-corrected chi connectivity index (χ4v) is 6.35. The Morgan fingerprint density at radius 1 is 1.05 bits per heavy atom. The number of hydrogen-bond donors (Lipinski definition) is 1. The SMILES string of the molecule is COC(=O)Cc1ccc2c(c1)NC(=O)[C@H](C)CCC[C@H](N1CCC(C3CCCCN3C)=CC1=O)c1cc-2ccn1. The molecule has 40 heavy (non-hydrogen) atoms. The number of amides is 2. The minimum absolute atomic E-state index is 0.0545. The monoisotopic (exact) mass is 544 g/mol. The Morgan fingerprint density at radius 2 is 1.88 bits per heavy atom. The minimum atomic E-state index is -0.333. The van der Waals surface area contributed by atoms with Crippen molar-refractivity contribution in [2.45, 2.75) is 70.4 Å². The van der Waals surface area contributed by atoms with Crippen LogP contribution in [0, 0.1) is 5.92 Å². The molecule has 3 atom stereocenters. The summed E-state index contributed by atoms with van der Waals surface area (Å²) >= 11 is 0. The van der Waals surface area contributed by atoms with Crippen LogP contribution in [0.15, 0.2) is 48.2 Å². The summed E-state index contributed by atoms with van der Waals surface area (Å²) in [6.07, 6.45) is 10.5. The van der Waals surface area contributed by atoms with Gasteiger partial charge >= 0.3 is 5.97 Å². The molecule has 3 aliphatic heterocycles. The summed E-state index contributed by atoms with van der Waals surface area (Å²) in [5, 5.41) is 3.10. The van der Waals surface area contributed by atoms with Gasteiger partial charge in [0, 0.05) is 42.0 Å². The highest BCUT2D eigenvalue weighted by Crippen LogP contribution is 2.36. The van der Waals surface area contributed by atoms with Gasteiger partial charge in [-0.05, 0) is 80.6 Å². The molecule has 2 amide bonds. The molecular formula is C32H40N4O4. The zero-order valence-electron chi connectivity index (χ0n) is 23.8. The second-order valence-corrected chi connectivity index (χ2v) is 11.4. The van der Waals surface area contributed by atoms with Crippen molar-refractivity contribution in [3.63, 3.8) is 0 Å². The van der Waals surface area contributed by atoms with Crippen molar-refractivity contribution in [2.24, 2.45) is 5.92 Å². The van der Waals surface area contributed by atoms with E-state index in [1.54, 1.807) is 6.20 Å². The smallest absolute Gasteiger partial charge is 0.309 e. The number of pyridine rings is 1. The van der Waals surface area contributed by atoms with Gasteiger partial charge in [0.15, 0.2) is 0 Å². The number of esters is 1. The summed E-state index contributed by atoms with van der Waals surface area (Å²) in [7, 11) is 3.53. The third-order valence-electron chi connectivity index (χ3n) is 8.72. The van der Waals surface area contributed by atoms with Crippen molar-refractivity contribution in [1.29, 1.82) is 0 Å². The molecule has 3 aliphatic rings. The number of methoxy groups -OCH3 is 1. The van der Waals surface area contributed by atoms with E-state index < -0.39 is 0 Å². The number of likely N-dealkylation sites (tertiary alicyclic amines) is 1. The van der Waals surface area contributed by atoms with Gasteiger partial charge in [0.1, 0.15) is 0 Å². The van der Waals surface area contributed by atoms with Crippen molar-refractivity contribution in [3.05, 3.63) is 59.4 Å². The van der Waals surface area contributed by atoms with E-state index in [9.17, 15) is 14.4 Å². The molecule has 0 saturated carbocycles. The van der Waals surface area contributed by atoms with Crippen LogP contribution in [0.1, 0.15) is 69.2 Å². The van der Waals surface area contributed by atoms with E-state index in [0.717, 1.165) is 54.6 Å². The van der Waals surface area contributed by atoms with Gasteiger partial charge in [-0.25, -0.2) is 0 Å². The quantitative estimate of drug-likeness (QED) is 0.550. The fourth-order valence-electron chi connectivity index (χ4n) is 6.35. The molecule has 212 valence electrons. The highest BCUT2D eigenvalue weighted by atomic mass is 16.5. The summed E-state index contributed by atoms with van der Waals surface area (Å²) in [6, 6.07) is 9.84. The number of carbonyl (C=O) groups is 3. The van der Waals surface area contributed by atoms with Crippen LogP contribution < -0.4 is 5.32 Å². The Hall–Kier alpha value is -3.52. The maximum atomic E-state index is 13.6. The molecule has 1 aromatic heterocycles. The normalized spacial score (nSPS) is 24.2. The van der Waals surface area contributed by atoms with Gasteiger partial charge < -0.3 is 15.0 Å². The van der Waals surface area contributed by atoms with Crippen LogP contribution in [0.4, 0.5) is 5.69 Å². The van der Waals surface area contributed by atoms with Crippen LogP contribution in [-0.2, 0) is 25.5 Å². The summed E-state index contributed by atoms with van der Waals surface area (Å²) in [4.78, 5) is 47.8. The summed E-state index contributed by atoms with van der Waals surface area (Å²) in [6.45, 7) is 3.69. The second-order valence-electron chi connectivity index (χ2n) is 11.4. The van der Waals surface area contributed by atoms with Crippen molar-refractivity contribution in [3.8, 4) is 11.1 Å². The van der Waals surface area contributed by atoms with Gasteiger partial charge in [0.25, 0.3) is 0 Å². The number of rotatable bonds is 4. The molecular weight excluding hydrogens is 504 g/mol. The zero-order valence-corrected chi connectivity index (χ0v) is 23.8. The molecule has 2 bridgehead atoms. The molecule has 1 aromatic carbocycles. The number of likely N-dealkylation sites (N-methyl/N-ethyl adjacent to an activating group) is 1. The number of hydrogen-bond acceptors (Lipinski definition) is 6. The lowest BCUT2D eigenvalue weighted by Gasteiger charge is -2.39. The number of fused-ring (bicyclic) bond motifs is 4. The number of nitrogens with one attached hydrogen (secondary N) is 1. The minimum Gasteiger partial charge on any atom is -0.469 e. The number of nitrogens with zero attached hydrogens (tertiary/aromatic N) is 3. The van der Waals surface area contributed by atoms with E-state index in [2.05, 4.69) is 17.3 Å². The molecule has 5 rings (SSSR count). The second kappa shape index (κ2) is 12.3. The first-order chi connectivity index (χ1) is 19.3. The van der Waals surface area contributed by atoms with Crippen LogP contribution in [0.3, 0.4) is 0 Å². The molecule has 0 aliphatic carbocycles.